The number of aliphatic hydroxyl groups excluding tert-OH is 1. The first-order valence-electron chi connectivity index (χ1n) is 8.22. The second-order valence-electron chi connectivity index (χ2n) is 6.47. The Balaban J connectivity index is 1.83. The standard InChI is InChI=1S/C19H16N2O5/c22-14(23)10-20-18(26)15-16(24)13-7-6-12(11-4-2-1-3-5-11)21(13)19(8-9-19)17(15)25/h1-7,24H,8-10H2,(H,20,26)(H,22,23). The van der Waals surface area contributed by atoms with E-state index >= 15 is 0 Å². The summed E-state index contributed by atoms with van der Waals surface area (Å²) < 4.78 is 1.80. The van der Waals surface area contributed by atoms with E-state index in [0.29, 0.717) is 18.5 Å². The Bertz CT molecular complexity index is 967. The van der Waals surface area contributed by atoms with Crippen molar-refractivity contribution in [2.75, 3.05) is 6.54 Å². The third-order valence-electron chi connectivity index (χ3n) is 4.86. The average Bonchev–Trinajstić information content (AvgIpc) is 3.30. The number of Topliss-reactive ketones (excluding diaryl/α,β-unsaturated/α-hetero) is 1. The molecule has 132 valence electrons. The normalized spacial score (nSPS) is 17.2. The van der Waals surface area contributed by atoms with Crippen LogP contribution in [0.1, 0.15) is 18.5 Å². The second kappa shape index (κ2) is 5.59. The number of amides is 1. The number of hydrogen-bond donors (Lipinski definition) is 3. The number of carboxylic acid groups (broad SMARTS) is 1. The van der Waals surface area contributed by atoms with Gasteiger partial charge in [-0.05, 0) is 30.5 Å². The van der Waals surface area contributed by atoms with Crippen molar-refractivity contribution in [1.29, 1.82) is 0 Å². The van der Waals surface area contributed by atoms with Gasteiger partial charge in [0, 0.05) is 5.69 Å². The zero-order valence-electron chi connectivity index (χ0n) is 13.7. The Morgan fingerprint density at radius 1 is 1.08 bits per heavy atom. The van der Waals surface area contributed by atoms with Gasteiger partial charge in [-0.1, -0.05) is 30.3 Å². The fourth-order valence-corrected chi connectivity index (χ4v) is 3.51. The fourth-order valence-electron chi connectivity index (χ4n) is 3.51. The van der Waals surface area contributed by atoms with Crippen molar-refractivity contribution in [3.05, 3.63) is 53.7 Å². The Labute approximate surface area is 148 Å². The van der Waals surface area contributed by atoms with Gasteiger partial charge in [-0.3, -0.25) is 14.4 Å². The highest BCUT2D eigenvalue weighted by Crippen LogP contribution is 2.53. The maximum Gasteiger partial charge on any atom is 0.322 e. The van der Waals surface area contributed by atoms with Gasteiger partial charge in [0.05, 0.1) is 5.69 Å². The smallest absolute Gasteiger partial charge is 0.322 e. The highest BCUT2D eigenvalue weighted by atomic mass is 16.4. The van der Waals surface area contributed by atoms with E-state index in [0.717, 1.165) is 11.3 Å². The number of aliphatic carboxylic acids is 1. The Kier molecular flexibility index (Phi) is 3.47. The van der Waals surface area contributed by atoms with E-state index in [9.17, 15) is 19.5 Å². The van der Waals surface area contributed by atoms with Gasteiger partial charge < -0.3 is 20.1 Å². The molecule has 0 unspecified atom stereocenters. The molecular formula is C19H16N2O5. The van der Waals surface area contributed by atoms with Crippen molar-refractivity contribution < 1.29 is 24.6 Å². The zero-order valence-corrected chi connectivity index (χ0v) is 13.7. The van der Waals surface area contributed by atoms with Crippen molar-refractivity contribution in [3.8, 4) is 11.3 Å². The first-order chi connectivity index (χ1) is 12.5. The van der Waals surface area contributed by atoms with Gasteiger partial charge in [0.2, 0.25) is 0 Å². The molecule has 7 heteroatoms. The van der Waals surface area contributed by atoms with E-state index in [4.69, 9.17) is 5.11 Å². The molecule has 2 aromatic rings. The molecule has 0 bridgehead atoms. The molecule has 7 nitrogen and oxygen atoms in total. The summed E-state index contributed by atoms with van der Waals surface area (Å²) >= 11 is 0. The summed E-state index contributed by atoms with van der Waals surface area (Å²) in [6.07, 6.45) is 1.13. The van der Waals surface area contributed by atoms with Crippen LogP contribution in [0.3, 0.4) is 0 Å². The monoisotopic (exact) mass is 352 g/mol. The highest BCUT2D eigenvalue weighted by molar-refractivity contribution is 6.28. The maximum atomic E-state index is 13.0. The van der Waals surface area contributed by atoms with Crippen LogP contribution in [-0.2, 0) is 19.9 Å². The lowest BCUT2D eigenvalue weighted by atomic mass is 9.94. The van der Waals surface area contributed by atoms with E-state index in [2.05, 4.69) is 5.32 Å². The number of carbonyl (C=O) groups excluding carboxylic acids is 2. The molecule has 4 rings (SSSR count). The number of nitrogens with zero attached hydrogens (tertiary/aromatic N) is 1. The van der Waals surface area contributed by atoms with Gasteiger partial charge in [0.1, 0.15) is 17.7 Å². The Morgan fingerprint density at radius 3 is 2.35 bits per heavy atom. The molecule has 2 heterocycles. The minimum Gasteiger partial charge on any atom is -0.505 e. The molecule has 3 N–H and O–H groups in total. The van der Waals surface area contributed by atoms with Crippen LogP contribution in [0.25, 0.3) is 17.0 Å². The lowest BCUT2D eigenvalue weighted by molar-refractivity contribution is -0.138. The number of rotatable bonds is 4. The number of hydrogen-bond acceptors (Lipinski definition) is 4. The van der Waals surface area contributed by atoms with E-state index in [-0.39, 0.29) is 5.57 Å². The first-order valence-corrected chi connectivity index (χ1v) is 8.22. The Morgan fingerprint density at radius 2 is 1.73 bits per heavy atom. The van der Waals surface area contributed by atoms with E-state index in [1.165, 1.54) is 0 Å². The summed E-state index contributed by atoms with van der Waals surface area (Å²) in [6, 6.07) is 13.0. The summed E-state index contributed by atoms with van der Waals surface area (Å²) in [5.74, 6) is -2.98. The van der Waals surface area contributed by atoms with Crippen molar-refractivity contribution in [1.82, 2.24) is 9.88 Å². The molecule has 0 saturated heterocycles. The van der Waals surface area contributed by atoms with E-state index in [1.54, 1.807) is 10.6 Å². The van der Waals surface area contributed by atoms with Crippen LogP contribution < -0.4 is 5.32 Å². The van der Waals surface area contributed by atoms with Crippen molar-refractivity contribution in [2.45, 2.75) is 18.4 Å². The number of aliphatic hydroxyl groups is 1. The van der Waals surface area contributed by atoms with Gasteiger partial charge in [-0.25, -0.2) is 0 Å². The molecule has 1 saturated carbocycles. The van der Waals surface area contributed by atoms with Crippen molar-refractivity contribution in [3.63, 3.8) is 0 Å². The summed E-state index contributed by atoms with van der Waals surface area (Å²) in [5, 5.41) is 21.5. The van der Waals surface area contributed by atoms with Crippen molar-refractivity contribution >= 4 is 23.4 Å². The molecule has 1 aromatic carbocycles. The maximum absolute atomic E-state index is 13.0. The average molecular weight is 352 g/mol. The molecule has 0 radical (unpaired) electrons. The minimum atomic E-state index is -1.22. The predicted molar refractivity (Wildman–Crippen MR) is 92.3 cm³/mol. The summed E-state index contributed by atoms with van der Waals surface area (Å²) in [4.78, 5) is 36.0. The quantitative estimate of drug-likeness (QED) is 0.726. The lowest BCUT2D eigenvalue weighted by Gasteiger charge is -2.28. The Hall–Kier alpha value is -3.35. The van der Waals surface area contributed by atoms with Crippen LogP contribution in [0.15, 0.2) is 48.0 Å². The lowest BCUT2D eigenvalue weighted by Crippen LogP contribution is -2.42. The van der Waals surface area contributed by atoms with E-state index < -0.39 is 35.5 Å². The molecule has 1 aliphatic carbocycles. The molecule has 2 aliphatic rings. The molecular weight excluding hydrogens is 336 g/mol. The number of benzene rings is 1. The largest absolute Gasteiger partial charge is 0.505 e. The fraction of sp³-hybridized carbons (Fsp3) is 0.211. The van der Waals surface area contributed by atoms with Gasteiger partial charge in [0.15, 0.2) is 11.5 Å². The molecule has 1 spiro atoms. The number of aromatic nitrogens is 1. The third kappa shape index (κ3) is 2.24. The van der Waals surface area contributed by atoms with Gasteiger partial charge in [-0.2, -0.15) is 0 Å². The summed E-state index contributed by atoms with van der Waals surface area (Å²) in [5.41, 5.74) is 0.842. The second-order valence-corrected chi connectivity index (χ2v) is 6.47. The van der Waals surface area contributed by atoms with Crippen molar-refractivity contribution in [2.24, 2.45) is 0 Å². The zero-order chi connectivity index (χ0) is 18.5. The summed E-state index contributed by atoms with van der Waals surface area (Å²) in [6.45, 7) is -0.619. The topological polar surface area (TPSA) is 109 Å². The minimum absolute atomic E-state index is 0.367. The van der Waals surface area contributed by atoms with Gasteiger partial charge in [-0.15, -0.1) is 0 Å². The molecule has 26 heavy (non-hydrogen) atoms. The highest BCUT2D eigenvalue weighted by Gasteiger charge is 2.58. The molecule has 1 aliphatic heterocycles. The number of carboxylic acids is 1. The first kappa shape index (κ1) is 16.1. The molecule has 1 aromatic heterocycles. The third-order valence-corrected chi connectivity index (χ3v) is 4.86. The summed E-state index contributed by atoms with van der Waals surface area (Å²) in [7, 11) is 0. The predicted octanol–water partition coefficient (Wildman–Crippen LogP) is 1.70. The number of carbonyl (C=O) groups is 3. The number of fused-ring (bicyclic) bond motifs is 2. The SMILES string of the molecule is O=C(O)CNC(=O)C1=C(O)c2ccc(-c3ccccc3)n2C2(CC2)C1=O. The van der Waals surface area contributed by atoms with E-state index in [1.807, 2.05) is 36.4 Å². The number of nitrogens with one attached hydrogen (secondary N) is 1. The van der Waals surface area contributed by atoms with Crippen LogP contribution in [0.5, 0.6) is 0 Å². The van der Waals surface area contributed by atoms with Crippen LogP contribution in [0.4, 0.5) is 0 Å². The molecule has 1 amide bonds. The van der Waals surface area contributed by atoms with Crippen LogP contribution in [0.2, 0.25) is 0 Å². The van der Waals surface area contributed by atoms with Crippen LogP contribution >= 0.6 is 0 Å². The molecule has 0 atom stereocenters. The van der Waals surface area contributed by atoms with Crippen LogP contribution in [-0.4, -0.2) is 39.0 Å². The molecule has 1 fully saturated rings. The van der Waals surface area contributed by atoms with Gasteiger partial charge in [0.25, 0.3) is 5.91 Å². The number of ketones is 1. The van der Waals surface area contributed by atoms with Gasteiger partial charge >= 0.3 is 5.97 Å². The van der Waals surface area contributed by atoms with Crippen LogP contribution in [0, 0.1) is 0 Å².